The minimum Gasteiger partial charge on any atom is -0.462 e. The highest BCUT2D eigenvalue weighted by atomic mass is 35.5. The topological polar surface area (TPSA) is 72.7 Å². The van der Waals surface area contributed by atoms with Gasteiger partial charge in [-0.3, -0.25) is 4.79 Å². The minimum atomic E-state index is -0.268. The molecule has 0 unspecified atom stereocenters. The van der Waals surface area contributed by atoms with Gasteiger partial charge in [-0.2, -0.15) is 0 Å². The molecule has 6 nitrogen and oxygen atoms in total. The lowest BCUT2D eigenvalue weighted by Crippen LogP contribution is -2.19. The van der Waals surface area contributed by atoms with Crippen LogP contribution in [0, 0.1) is 13.8 Å². The van der Waals surface area contributed by atoms with Gasteiger partial charge in [0.15, 0.2) is 5.17 Å². The maximum atomic E-state index is 13.0. The van der Waals surface area contributed by atoms with Crippen LogP contribution < -0.4 is 5.32 Å². The molecule has 0 bridgehead atoms. The Morgan fingerprint density at radius 1 is 1.24 bits per heavy atom. The first-order chi connectivity index (χ1) is 17.8. The van der Waals surface area contributed by atoms with E-state index in [0.717, 1.165) is 53.2 Å². The van der Waals surface area contributed by atoms with Crippen LogP contribution in [0.4, 0.5) is 5.69 Å². The zero-order valence-corrected chi connectivity index (χ0v) is 23.8. The second-order valence-electron chi connectivity index (χ2n) is 8.83. The van der Waals surface area contributed by atoms with Crippen molar-refractivity contribution in [1.82, 2.24) is 9.88 Å². The first-order valence-corrected chi connectivity index (χ1v) is 14.4. The lowest BCUT2D eigenvalue weighted by Gasteiger charge is -2.13. The molecule has 1 amide bonds. The molecule has 1 N–H and O–H groups in total. The lowest BCUT2D eigenvalue weighted by atomic mass is 9.95. The number of thiophene rings is 1. The summed E-state index contributed by atoms with van der Waals surface area (Å²) in [6, 6.07) is 7.22. The van der Waals surface area contributed by atoms with Crippen molar-refractivity contribution in [3.8, 4) is 5.00 Å². The quantitative estimate of drug-likeness (QED) is 0.255. The number of halogens is 2. The zero-order chi connectivity index (χ0) is 26.3. The summed E-state index contributed by atoms with van der Waals surface area (Å²) in [5.74, 6) is -0.499. The number of carbonyl (C=O) groups is 2. The van der Waals surface area contributed by atoms with Crippen molar-refractivity contribution < 1.29 is 14.3 Å². The fourth-order valence-corrected chi connectivity index (χ4v) is 7.33. The maximum Gasteiger partial charge on any atom is 0.341 e. The van der Waals surface area contributed by atoms with Crippen LogP contribution in [0.1, 0.15) is 57.5 Å². The second-order valence-corrected chi connectivity index (χ2v) is 11.7. The third kappa shape index (κ3) is 5.00. The van der Waals surface area contributed by atoms with Crippen LogP contribution in [0.25, 0.3) is 11.1 Å². The largest absolute Gasteiger partial charge is 0.462 e. The van der Waals surface area contributed by atoms with E-state index in [0.29, 0.717) is 38.0 Å². The Labute approximate surface area is 233 Å². The summed E-state index contributed by atoms with van der Waals surface area (Å²) in [6.45, 7) is 6.18. The fourth-order valence-electron chi connectivity index (χ4n) is 4.68. The van der Waals surface area contributed by atoms with Crippen molar-refractivity contribution in [1.29, 1.82) is 0 Å². The Morgan fingerprint density at radius 3 is 2.81 bits per heavy atom. The van der Waals surface area contributed by atoms with Gasteiger partial charge in [-0.25, -0.2) is 9.79 Å². The van der Waals surface area contributed by atoms with Crippen LogP contribution in [-0.4, -0.2) is 28.2 Å². The maximum absolute atomic E-state index is 13.0. The van der Waals surface area contributed by atoms with Crippen LogP contribution in [-0.2, 0) is 22.4 Å². The Bertz CT molecular complexity index is 1490. The molecule has 1 fully saturated rings. The zero-order valence-electron chi connectivity index (χ0n) is 20.6. The molecule has 0 saturated carbocycles. The average Bonchev–Trinajstić information content (AvgIpc) is 3.49. The van der Waals surface area contributed by atoms with Crippen molar-refractivity contribution in [2.45, 2.75) is 46.5 Å². The van der Waals surface area contributed by atoms with Crippen molar-refractivity contribution >= 4 is 75.1 Å². The molecule has 10 heteroatoms. The number of ether oxygens (including phenoxy) is 1. The van der Waals surface area contributed by atoms with Crippen molar-refractivity contribution in [2.75, 3.05) is 6.61 Å². The molecule has 0 radical (unpaired) electrons. The number of amides is 1. The Morgan fingerprint density at radius 2 is 2.03 bits per heavy atom. The number of hydrogen-bond donors (Lipinski definition) is 1. The van der Waals surface area contributed by atoms with E-state index in [1.165, 1.54) is 16.6 Å². The van der Waals surface area contributed by atoms with Gasteiger partial charge in [0.25, 0.3) is 5.91 Å². The molecule has 192 valence electrons. The van der Waals surface area contributed by atoms with Gasteiger partial charge < -0.3 is 14.6 Å². The number of nitrogens with one attached hydrogen (secondary N) is 1. The van der Waals surface area contributed by atoms with Crippen LogP contribution in [0.2, 0.25) is 10.0 Å². The van der Waals surface area contributed by atoms with E-state index in [4.69, 9.17) is 27.9 Å². The molecule has 1 aliphatic carbocycles. The number of hydrogen-bond acceptors (Lipinski definition) is 6. The van der Waals surface area contributed by atoms with E-state index in [2.05, 4.69) is 14.9 Å². The molecule has 2 aliphatic rings. The van der Waals surface area contributed by atoms with Crippen molar-refractivity contribution in [3.05, 3.63) is 72.2 Å². The molecule has 37 heavy (non-hydrogen) atoms. The summed E-state index contributed by atoms with van der Waals surface area (Å²) in [4.78, 5) is 32.0. The highest BCUT2D eigenvalue weighted by molar-refractivity contribution is 8.18. The molecule has 0 atom stereocenters. The van der Waals surface area contributed by atoms with E-state index >= 15 is 0 Å². The standard InChI is InChI=1S/C27H25Cl2N3O3S2/c1-4-35-26(34)22-17-8-5-6-11-20(17)36-25(22)32-14(2)12-16(15(32)3)13-21-24(33)31-27(37-21)30-19-10-7-9-18(28)23(19)29/h7,9-10,12-13H,4-6,8,11H2,1-3H3,(H,30,31,33)/b21-13+. The van der Waals surface area contributed by atoms with E-state index in [9.17, 15) is 9.59 Å². The summed E-state index contributed by atoms with van der Waals surface area (Å²) in [5, 5.41) is 4.87. The van der Waals surface area contributed by atoms with Gasteiger partial charge in [0.05, 0.1) is 32.8 Å². The SMILES string of the molecule is CCOC(=O)c1c(-n2c(C)cc(/C=C3/SC(=Nc4cccc(Cl)c4Cl)NC3=O)c2C)sc2c1CCCC2. The number of benzene rings is 1. The molecule has 5 rings (SSSR count). The highest BCUT2D eigenvalue weighted by Crippen LogP contribution is 2.40. The number of rotatable bonds is 5. The number of nitrogens with zero attached hydrogens (tertiary/aromatic N) is 2. The normalized spacial score (nSPS) is 17.4. The van der Waals surface area contributed by atoms with Crippen LogP contribution >= 0.6 is 46.3 Å². The van der Waals surface area contributed by atoms with Gasteiger partial charge >= 0.3 is 5.97 Å². The first kappa shape index (κ1) is 26.1. The molecular formula is C27H25Cl2N3O3S2. The minimum absolute atomic E-state index is 0.231. The predicted octanol–water partition coefficient (Wildman–Crippen LogP) is 7.41. The van der Waals surface area contributed by atoms with Crippen LogP contribution in [0.15, 0.2) is 34.2 Å². The van der Waals surface area contributed by atoms with Crippen LogP contribution in [0.3, 0.4) is 0 Å². The number of aryl methyl sites for hydroxylation is 2. The number of aliphatic imine (C=N–C) groups is 1. The number of amidine groups is 1. The summed E-state index contributed by atoms with van der Waals surface area (Å²) in [6.07, 6.45) is 5.95. The van der Waals surface area contributed by atoms with Crippen LogP contribution in [0.5, 0.6) is 0 Å². The molecule has 1 aromatic carbocycles. The molecule has 1 saturated heterocycles. The first-order valence-electron chi connectivity index (χ1n) is 12.0. The molecule has 1 aliphatic heterocycles. The second kappa shape index (κ2) is 10.7. The smallest absolute Gasteiger partial charge is 0.341 e. The van der Waals surface area contributed by atoms with Gasteiger partial charge in [-0.1, -0.05) is 29.3 Å². The summed E-state index contributed by atoms with van der Waals surface area (Å²) in [7, 11) is 0. The number of aromatic nitrogens is 1. The highest BCUT2D eigenvalue weighted by Gasteiger charge is 2.29. The van der Waals surface area contributed by atoms with E-state index in [1.807, 2.05) is 32.9 Å². The van der Waals surface area contributed by atoms with Gasteiger partial charge in [0.2, 0.25) is 0 Å². The Kier molecular flexibility index (Phi) is 7.54. The molecule has 3 heterocycles. The van der Waals surface area contributed by atoms with E-state index < -0.39 is 0 Å². The molecule has 0 spiro atoms. The number of thioether (sulfide) groups is 1. The molecule has 2 aromatic heterocycles. The van der Waals surface area contributed by atoms with Gasteiger partial charge in [0, 0.05) is 16.3 Å². The molecular weight excluding hydrogens is 549 g/mol. The Balaban J connectivity index is 1.51. The predicted molar refractivity (Wildman–Crippen MR) is 153 cm³/mol. The monoisotopic (exact) mass is 573 g/mol. The summed E-state index contributed by atoms with van der Waals surface area (Å²) < 4.78 is 7.57. The average molecular weight is 575 g/mol. The van der Waals surface area contributed by atoms with Gasteiger partial charge in [-0.15, -0.1) is 11.3 Å². The van der Waals surface area contributed by atoms with Gasteiger partial charge in [-0.05, 0) is 93.6 Å². The fraction of sp³-hybridized carbons (Fsp3) is 0.296. The van der Waals surface area contributed by atoms with E-state index in [-0.39, 0.29) is 11.9 Å². The number of fused-ring (bicyclic) bond motifs is 1. The van der Waals surface area contributed by atoms with E-state index in [1.54, 1.807) is 29.5 Å². The lowest BCUT2D eigenvalue weighted by molar-refractivity contribution is -0.115. The number of carbonyl (C=O) groups excluding carboxylic acids is 2. The van der Waals surface area contributed by atoms with Crippen molar-refractivity contribution in [3.63, 3.8) is 0 Å². The number of esters is 1. The Hall–Kier alpha value is -2.52. The third-order valence-electron chi connectivity index (χ3n) is 6.40. The third-order valence-corrected chi connectivity index (χ3v) is 9.39. The summed E-state index contributed by atoms with van der Waals surface area (Å²) in [5.41, 5.74) is 5.14. The van der Waals surface area contributed by atoms with Crippen molar-refractivity contribution in [2.24, 2.45) is 4.99 Å². The van der Waals surface area contributed by atoms with Gasteiger partial charge in [0.1, 0.15) is 5.00 Å². The summed E-state index contributed by atoms with van der Waals surface area (Å²) >= 11 is 15.3. The molecule has 3 aromatic rings.